The molecule has 0 atom stereocenters. The number of pyridine rings is 1. The summed E-state index contributed by atoms with van der Waals surface area (Å²) >= 11 is 0. The zero-order chi connectivity index (χ0) is 25.2. The van der Waals surface area contributed by atoms with Crippen LogP contribution in [0.15, 0.2) is 41.2 Å². The van der Waals surface area contributed by atoms with Gasteiger partial charge in [-0.05, 0) is 36.2 Å². The highest BCUT2D eigenvalue weighted by atomic mass is 19.1. The molecule has 1 saturated heterocycles. The molecule has 4 aromatic rings. The monoisotopic (exact) mass is 493 g/mol. The minimum atomic E-state index is -0.659. The quantitative estimate of drug-likeness (QED) is 0.387. The van der Waals surface area contributed by atoms with Gasteiger partial charge >= 0.3 is 0 Å². The molecular weight excluding hydrogens is 464 g/mol. The molecule has 8 nitrogen and oxygen atoms in total. The minimum absolute atomic E-state index is 0.0170. The van der Waals surface area contributed by atoms with Gasteiger partial charge in [0.1, 0.15) is 11.5 Å². The maximum absolute atomic E-state index is 14.7. The lowest BCUT2D eigenvalue weighted by atomic mass is 10.0. The number of piperazine rings is 1. The Morgan fingerprint density at radius 2 is 1.78 bits per heavy atom. The third-order valence-corrected chi connectivity index (χ3v) is 6.50. The number of fused-ring (bicyclic) bond motifs is 1. The summed E-state index contributed by atoms with van der Waals surface area (Å²) < 4.78 is 34.6. The van der Waals surface area contributed by atoms with E-state index in [1.807, 2.05) is 32.2 Å². The van der Waals surface area contributed by atoms with Crippen molar-refractivity contribution in [3.05, 3.63) is 59.6 Å². The largest absolute Gasteiger partial charge is 0.353 e. The lowest BCUT2D eigenvalue weighted by molar-refractivity contribution is 0.132. The number of nitrogens with one attached hydrogen (secondary N) is 1. The van der Waals surface area contributed by atoms with E-state index < -0.39 is 11.6 Å². The first kappa shape index (κ1) is 24.2. The van der Waals surface area contributed by atoms with Crippen LogP contribution in [0.2, 0.25) is 0 Å². The van der Waals surface area contributed by atoms with Crippen LogP contribution in [-0.4, -0.2) is 62.6 Å². The highest BCUT2D eigenvalue weighted by Crippen LogP contribution is 2.32. The molecule has 3 aromatic heterocycles. The Morgan fingerprint density at radius 3 is 2.47 bits per heavy atom. The van der Waals surface area contributed by atoms with Gasteiger partial charge in [-0.2, -0.15) is 0 Å². The minimum Gasteiger partial charge on any atom is -0.353 e. The van der Waals surface area contributed by atoms with Crippen LogP contribution >= 0.6 is 0 Å². The van der Waals surface area contributed by atoms with Crippen LogP contribution in [0, 0.1) is 11.6 Å². The van der Waals surface area contributed by atoms with E-state index in [0.29, 0.717) is 16.9 Å². The highest BCUT2D eigenvalue weighted by Gasteiger charge is 2.20. The van der Waals surface area contributed by atoms with Crippen molar-refractivity contribution in [3.8, 4) is 11.3 Å². The SMILES string of the molecule is CCN1CCN(Cc2ccc(Nc3ncc(F)c(-c4cc(F)c5onc(C(C)C)c5c4)n3)nc2)CC1. The number of hydrogen-bond acceptors (Lipinski definition) is 8. The molecule has 1 aromatic carbocycles. The van der Waals surface area contributed by atoms with Crippen molar-refractivity contribution in [2.75, 3.05) is 38.0 Å². The van der Waals surface area contributed by atoms with Gasteiger partial charge in [0, 0.05) is 49.9 Å². The van der Waals surface area contributed by atoms with E-state index >= 15 is 0 Å². The van der Waals surface area contributed by atoms with Crippen molar-refractivity contribution in [3.63, 3.8) is 0 Å². The summed E-state index contributed by atoms with van der Waals surface area (Å²) in [6, 6.07) is 6.70. The lowest BCUT2D eigenvalue weighted by Crippen LogP contribution is -2.45. The molecule has 0 bridgehead atoms. The van der Waals surface area contributed by atoms with Crippen molar-refractivity contribution in [2.45, 2.75) is 33.2 Å². The summed E-state index contributed by atoms with van der Waals surface area (Å²) in [5.41, 5.74) is 2.03. The van der Waals surface area contributed by atoms with E-state index in [1.54, 1.807) is 6.07 Å². The second-order valence-electron chi connectivity index (χ2n) is 9.33. The summed E-state index contributed by atoms with van der Waals surface area (Å²) in [7, 11) is 0. The third-order valence-electron chi connectivity index (χ3n) is 6.50. The van der Waals surface area contributed by atoms with Crippen LogP contribution in [0.5, 0.6) is 0 Å². The van der Waals surface area contributed by atoms with Gasteiger partial charge in [-0.1, -0.05) is 32.0 Å². The maximum Gasteiger partial charge on any atom is 0.229 e. The van der Waals surface area contributed by atoms with E-state index in [2.05, 4.69) is 42.1 Å². The fourth-order valence-electron chi connectivity index (χ4n) is 4.43. The normalized spacial score (nSPS) is 15.2. The summed E-state index contributed by atoms with van der Waals surface area (Å²) in [5.74, 6) is -0.563. The standard InChI is InChI=1S/C26H29F2N7O/c1-4-34-7-9-35(10-8-34)15-17-5-6-22(29-13-17)31-26-30-14-21(28)24(32-26)18-11-19-23(16(2)3)33-36-25(19)20(27)12-18/h5-6,11-14,16H,4,7-10,15H2,1-3H3,(H,29,30,31,32). The lowest BCUT2D eigenvalue weighted by Gasteiger charge is -2.33. The summed E-state index contributed by atoms with van der Waals surface area (Å²) in [6.07, 6.45) is 2.88. The molecule has 36 heavy (non-hydrogen) atoms. The van der Waals surface area contributed by atoms with Crippen LogP contribution in [0.4, 0.5) is 20.5 Å². The first-order valence-corrected chi connectivity index (χ1v) is 12.2. The molecule has 0 unspecified atom stereocenters. The van der Waals surface area contributed by atoms with Crippen molar-refractivity contribution in [1.82, 2.24) is 29.9 Å². The predicted molar refractivity (Wildman–Crippen MR) is 134 cm³/mol. The van der Waals surface area contributed by atoms with Crippen LogP contribution in [0.3, 0.4) is 0 Å². The van der Waals surface area contributed by atoms with E-state index in [9.17, 15) is 8.78 Å². The number of nitrogens with zero attached hydrogens (tertiary/aromatic N) is 6. The zero-order valence-corrected chi connectivity index (χ0v) is 20.6. The number of aromatic nitrogens is 4. The molecule has 0 aliphatic carbocycles. The van der Waals surface area contributed by atoms with Gasteiger partial charge in [-0.3, -0.25) is 4.90 Å². The Morgan fingerprint density at radius 1 is 1.00 bits per heavy atom. The summed E-state index contributed by atoms with van der Waals surface area (Å²) in [6.45, 7) is 12.2. The molecule has 1 fully saturated rings. The third kappa shape index (κ3) is 5.05. The maximum atomic E-state index is 14.7. The van der Waals surface area contributed by atoms with Crippen LogP contribution in [0.25, 0.3) is 22.2 Å². The molecular formula is C26H29F2N7O. The van der Waals surface area contributed by atoms with Crippen LogP contribution in [-0.2, 0) is 6.54 Å². The Hall–Kier alpha value is -3.50. The molecule has 0 amide bonds. The van der Waals surface area contributed by atoms with Crippen LogP contribution in [0.1, 0.15) is 37.9 Å². The molecule has 1 aliphatic heterocycles. The summed E-state index contributed by atoms with van der Waals surface area (Å²) in [5, 5.41) is 7.49. The van der Waals surface area contributed by atoms with Crippen molar-refractivity contribution < 1.29 is 13.3 Å². The molecule has 1 N–H and O–H groups in total. The van der Waals surface area contributed by atoms with Crippen molar-refractivity contribution in [2.24, 2.45) is 0 Å². The smallest absolute Gasteiger partial charge is 0.229 e. The predicted octanol–water partition coefficient (Wildman–Crippen LogP) is 4.96. The Balaban J connectivity index is 1.33. The van der Waals surface area contributed by atoms with Gasteiger partial charge in [-0.15, -0.1) is 0 Å². The molecule has 4 heterocycles. The Kier molecular flexibility index (Phi) is 6.88. The van der Waals surface area contributed by atoms with E-state index in [-0.39, 0.29) is 28.7 Å². The van der Waals surface area contributed by atoms with Gasteiger partial charge in [0.15, 0.2) is 11.6 Å². The van der Waals surface area contributed by atoms with Gasteiger partial charge in [0.25, 0.3) is 0 Å². The molecule has 1 aliphatic rings. The van der Waals surface area contributed by atoms with Gasteiger partial charge in [0.2, 0.25) is 11.5 Å². The number of halogens is 2. The fourth-order valence-corrected chi connectivity index (χ4v) is 4.43. The second-order valence-corrected chi connectivity index (χ2v) is 9.33. The number of benzene rings is 1. The van der Waals surface area contributed by atoms with Gasteiger partial charge in [0.05, 0.1) is 11.9 Å². The van der Waals surface area contributed by atoms with Crippen LogP contribution < -0.4 is 5.32 Å². The first-order valence-electron chi connectivity index (χ1n) is 12.2. The Labute approximate surface area is 208 Å². The number of hydrogen-bond donors (Lipinski definition) is 1. The first-order chi connectivity index (χ1) is 17.4. The van der Waals surface area contributed by atoms with E-state index in [4.69, 9.17) is 4.52 Å². The van der Waals surface area contributed by atoms with Gasteiger partial charge in [-0.25, -0.2) is 23.7 Å². The molecule has 188 valence electrons. The second kappa shape index (κ2) is 10.2. The Bertz CT molecular complexity index is 1350. The molecule has 5 rings (SSSR count). The zero-order valence-electron chi connectivity index (χ0n) is 20.6. The molecule has 0 spiro atoms. The number of anilines is 2. The molecule has 10 heteroatoms. The van der Waals surface area contributed by atoms with Crippen molar-refractivity contribution >= 4 is 22.7 Å². The average molecular weight is 494 g/mol. The summed E-state index contributed by atoms with van der Waals surface area (Å²) in [4.78, 5) is 17.7. The highest BCUT2D eigenvalue weighted by molar-refractivity contribution is 5.85. The number of likely N-dealkylation sites (N-methyl/N-ethyl adjacent to an activating group) is 1. The molecule has 0 radical (unpaired) electrons. The molecule has 0 saturated carbocycles. The van der Waals surface area contributed by atoms with Crippen molar-refractivity contribution in [1.29, 1.82) is 0 Å². The fraction of sp³-hybridized carbons (Fsp3) is 0.385. The average Bonchev–Trinajstić information content (AvgIpc) is 3.32. The van der Waals surface area contributed by atoms with E-state index in [0.717, 1.165) is 51.0 Å². The van der Waals surface area contributed by atoms with Gasteiger partial charge < -0.3 is 14.7 Å². The van der Waals surface area contributed by atoms with E-state index in [1.165, 1.54) is 6.07 Å². The number of rotatable bonds is 7. The topological polar surface area (TPSA) is 83.2 Å².